The van der Waals surface area contributed by atoms with Crippen molar-refractivity contribution in [3.8, 4) is 0 Å². The molecule has 1 saturated carbocycles. The van der Waals surface area contributed by atoms with Crippen molar-refractivity contribution >= 4 is 17.5 Å². The van der Waals surface area contributed by atoms with Crippen LogP contribution in [-0.4, -0.2) is 73.5 Å². The van der Waals surface area contributed by atoms with Crippen LogP contribution in [-0.2, 0) is 9.59 Å². The summed E-state index contributed by atoms with van der Waals surface area (Å²) in [5, 5.41) is 3.28. The lowest BCUT2D eigenvalue weighted by Crippen LogP contribution is -2.55. The molecule has 26 heavy (non-hydrogen) atoms. The van der Waals surface area contributed by atoms with E-state index in [4.69, 9.17) is 0 Å². The Labute approximate surface area is 155 Å². The van der Waals surface area contributed by atoms with Gasteiger partial charge in [-0.2, -0.15) is 0 Å². The van der Waals surface area contributed by atoms with Crippen LogP contribution >= 0.6 is 0 Å². The Morgan fingerprint density at radius 3 is 2.42 bits per heavy atom. The first-order chi connectivity index (χ1) is 12.7. The van der Waals surface area contributed by atoms with Crippen molar-refractivity contribution in [2.24, 2.45) is 5.92 Å². The van der Waals surface area contributed by atoms with Crippen LogP contribution in [0.4, 0.5) is 5.69 Å². The van der Waals surface area contributed by atoms with Gasteiger partial charge in [0.1, 0.15) is 0 Å². The molecule has 3 aliphatic rings. The van der Waals surface area contributed by atoms with Gasteiger partial charge in [-0.3, -0.25) is 14.5 Å². The number of carbonyl (C=O) groups is 2. The van der Waals surface area contributed by atoms with Crippen LogP contribution in [0.25, 0.3) is 0 Å². The van der Waals surface area contributed by atoms with E-state index < -0.39 is 0 Å². The summed E-state index contributed by atoms with van der Waals surface area (Å²) in [6.45, 7) is 5.20. The standard InChI is InChI=1S/C20H28N4O2/c25-19(15-21-14-16-6-7-16)23-12-10-22(11-13-23)18-8-9-24(20(18)26)17-4-2-1-3-5-17/h1-5,16,18,21H,6-15H2. The maximum atomic E-state index is 12.8. The predicted molar refractivity (Wildman–Crippen MR) is 101 cm³/mol. The Kier molecular flexibility index (Phi) is 5.22. The van der Waals surface area contributed by atoms with E-state index in [1.807, 2.05) is 40.1 Å². The van der Waals surface area contributed by atoms with E-state index in [1.54, 1.807) is 0 Å². The smallest absolute Gasteiger partial charge is 0.244 e. The number of rotatable bonds is 6. The molecule has 2 aliphatic heterocycles. The molecule has 1 aliphatic carbocycles. The summed E-state index contributed by atoms with van der Waals surface area (Å²) in [5.41, 5.74) is 0.982. The number of hydrogen-bond donors (Lipinski definition) is 1. The van der Waals surface area contributed by atoms with Crippen LogP contribution in [0.3, 0.4) is 0 Å². The molecule has 1 unspecified atom stereocenters. The van der Waals surface area contributed by atoms with Gasteiger partial charge in [0.2, 0.25) is 11.8 Å². The summed E-state index contributed by atoms with van der Waals surface area (Å²) in [6.07, 6.45) is 3.47. The molecular weight excluding hydrogens is 328 g/mol. The Balaban J connectivity index is 1.25. The summed E-state index contributed by atoms with van der Waals surface area (Å²) in [5.74, 6) is 1.18. The average molecular weight is 356 g/mol. The number of carbonyl (C=O) groups excluding carboxylic acids is 2. The fourth-order valence-electron chi connectivity index (χ4n) is 3.97. The topological polar surface area (TPSA) is 55.9 Å². The van der Waals surface area contributed by atoms with Crippen molar-refractivity contribution < 1.29 is 9.59 Å². The highest BCUT2D eigenvalue weighted by atomic mass is 16.2. The van der Waals surface area contributed by atoms with Crippen molar-refractivity contribution in [1.82, 2.24) is 15.1 Å². The Morgan fingerprint density at radius 2 is 1.73 bits per heavy atom. The van der Waals surface area contributed by atoms with Gasteiger partial charge >= 0.3 is 0 Å². The fourth-order valence-corrected chi connectivity index (χ4v) is 3.97. The van der Waals surface area contributed by atoms with Gasteiger partial charge in [0.25, 0.3) is 0 Å². The maximum Gasteiger partial charge on any atom is 0.244 e. The normalized spacial score (nSPS) is 24.3. The van der Waals surface area contributed by atoms with Gasteiger partial charge in [-0.05, 0) is 43.9 Å². The van der Waals surface area contributed by atoms with E-state index in [9.17, 15) is 9.59 Å². The van der Waals surface area contributed by atoms with Crippen molar-refractivity contribution in [3.63, 3.8) is 0 Å². The Morgan fingerprint density at radius 1 is 1.00 bits per heavy atom. The predicted octanol–water partition coefficient (Wildman–Crippen LogP) is 0.936. The maximum absolute atomic E-state index is 12.8. The molecular formula is C20H28N4O2. The first-order valence-electron chi connectivity index (χ1n) is 9.81. The van der Waals surface area contributed by atoms with E-state index in [0.717, 1.165) is 57.3 Å². The number of nitrogens with zero attached hydrogens (tertiary/aromatic N) is 3. The molecule has 4 rings (SSSR count). The molecule has 0 aromatic heterocycles. The first-order valence-corrected chi connectivity index (χ1v) is 9.81. The van der Waals surface area contributed by atoms with Crippen LogP contribution < -0.4 is 10.2 Å². The zero-order valence-electron chi connectivity index (χ0n) is 15.3. The number of anilines is 1. The van der Waals surface area contributed by atoms with Crippen LogP contribution in [0.1, 0.15) is 19.3 Å². The highest BCUT2D eigenvalue weighted by Crippen LogP contribution is 2.27. The fraction of sp³-hybridized carbons (Fsp3) is 0.600. The van der Waals surface area contributed by atoms with Gasteiger partial charge in [0.05, 0.1) is 12.6 Å². The molecule has 140 valence electrons. The van der Waals surface area contributed by atoms with Gasteiger partial charge in [-0.25, -0.2) is 0 Å². The average Bonchev–Trinajstić information content (AvgIpc) is 3.42. The first kappa shape index (κ1) is 17.5. The number of amides is 2. The molecule has 1 aromatic carbocycles. The second-order valence-electron chi connectivity index (χ2n) is 7.62. The summed E-state index contributed by atoms with van der Waals surface area (Å²) < 4.78 is 0. The van der Waals surface area contributed by atoms with Gasteiger partial charge in [0, 0.05) is 38.4 Å². The summed E-state index contributed by atoms with van der Waals surface area (Å²) in [4.78, 5) is 31.2. The number of benzene rings is 1. The molecule has 0 bridgehead atoms. The lowest BCUT2D eigenvalue weighted by molar-refractivity contribution is -0.132. The second kappa shape index (κ2) is 7.76. The van der Waals surface area contributed by atoms with Crippen LogP contribution in [0, 0.1) is 5.92 Å². The third kappa shape index (κ3) is 3.91. The molecule has 0 spiro atoms. The number of piperazine rings is 1. The van der Waals surface area contributed by atoms with E-state index in [0.29, 0.717) is 6.54 Å². The van der Waals surface area contributed by atoms with Crippen LogP contribution in [0.2, 0.25) is 0 Å². The minimum absolute atomic E-state index is 0.0413. The molecule has 1 atom stereocenters. The van der Waals surface area contributed by atoms with E-state index in [2.05, 4.69) is 10.2 Å². The van der Waals surface area contributed by atoms with Gasteiger partial charge in [-0.1, -0.05) is 18.2 Å². The quantitative estimate of drug-likeness (QED) is 0.824. The Bertz CT molecular complexity index is 638. The van der Waals surface area contributed by atoms with Crippen molar-refractivity contribution in [2.45, 2.75) is 25.3 Å². The summed E-state index contributed by atoms with van der Waals surface area (Å²) in [6, 6.07) is 9.85. The Hall–Kier alpha value is -1.92. The summed E-state index contributed by atoms with van der Waals surface area (Å²) in [7, 11) is 0. The highest BCUT2D eigenvalue weighted by molar-refractivity contribution is 5.99. The monoisotopic (exact) mass is 356 g/mol. The molecule has 2 amide bonds. The SMILES string of the molecule is O=C(CNCC1CC1)N1CCN(C2CCN(c3ccccc3)C2=O)CC1. The molecule has 1 N–H and O–H groups in total. The van der Waals surface area contributed by atoms with E-state index in [1.165, 1.54) is 12.8 Å². The third-order valence-corrected chi connectivity index (χ3v) is 5.76. The number of nitrogens with one attached hydrogen (secondary N) is 1. The van der Waals surface area contributed by atoms with Gasteiger partial charge < -0.3 is 15.1 Å². The lowest BCUT2D eigenvalue weighted by atomic mass is 10.1. The van der Waals surface area contributed by atoms with Gasteiger partial charge in [0.15, 0.2) is 0 Å². The van der Waals surface area contributed by atoms with Crippen molar-refractivity contribution in [1.29, 1.82) is 0 Å². The molecule has 2 saturated heterocycles. The van der Waals surface area contributed by atoms with Crippen molar-refractivity contribution in [3.05, 3.63) is 30.3 Å². The number of hydrogen-bond acceptors (Lipinski definition) is 4. The van der Waals surface area contributed by atoms with Crippen LogP contribution in [0.5, 0.6) is 0 Å². The minimum atomic E-state index is -0.0413. The number of para-hydroxylation sites is 1. The highest BCUT2D eigenvalue weighted by Gasteiger charge is 2.38. The third-order valence-electron chi connectivity index (χ3n) is 5.76. The minimum Gasteiger partial charge on any atom is -0.339 e. The second-order valence-corrected chi connectivity index (χ2v) is 7.62. The van der Waals surface area contributed by atoms with Crippen LogP contribution in [0.15, 0.2) is 30.3 Å². The molecule has 2 heterocycles. The van der Waals surface area contributed by atoms with Gasteiger partial charge in [-0.15, -0.1) is 0 Å². The molecule has 6 nitrogen and oxygen atoms in total. The van der Waals surface area contributed by atoms with E-state index in [-0.39, 0.29) is 17.9 Å². The van der Waals surface area contributed by atoms with E-state index >= 15 is 0 Å². The largest absolute Gasteiger partial charge is 0.339 e. The molecule has 6 heteroatoms. The zero-order chi connectivity index (χ0) is 17.9. The zero-order valence-corrected chi connectivity index (χ0v) is 15.3. The molecule has 3 fully saturated rings. The summed E-state index contributed by atoms with van der Waals surface area (Å²) >= 11 is 0. The molecule has 0 radical (unpaired) electrons. The lowest BCUT2D eigenvalue weighted by Gasteiger charge is -2.37. The molecule has 1 aromatic rings. The van der Waals surface area contributed by atoms with Crippen molar-refractivity contribution in [2.75, 3.05) is 50.7 Å².